The van der Waals surface area contributed by atoms with Crippen molar-refractivity contribution < 1.29 is 27.6 Å². The van der Waals surface area contributed by atoms with Crippen LogP contribution in [0, 0.1) is 30.1 Å². The Hall–Kier alpha value is -4.06. The SMILES string of the molecule is C#CCn1cc(-c2cnc(C(=O)Nc3ccc(C(=O)N4CCN(C(=O)C5[C@H]6CNC[C@@H]56)CC4)c(Cl)c3)n2C)c(C(F)(F)F)n1.Cl. The van der Waals surface area contributed by atoms with Crippen LogP contribution in [0.4, 0.5) is 18.9 Å². The summed E-state index contributed by atoms with van der Waals surface area (Å²) in [6, 6.07) is 4.42. The van der Waals surface area contributed by atoms with Crippen LogP contribution in [0.25, 0.3) is 11.3 Å². The van der Waals surface area contributed by atoms with E-state index in [1.165, 1.54) is 29.8 Å². The first-order chi connectivity index (χ1) is 21.0. The highest BCUT2D eigenvalue weighted by molar-refractivity contribution is 6.34. The molecular weight excluding hydrogens is 636 g/mol. The molecule has 45 heavy (non-hydrogen) atoms. The minimum Gasteiger partial charge on any atom is -0.339 e. The highest BCUT2D eigenvalue weighted by Crippen LogP contribution is 2.49. The summed E-state index contributed by atoms with van der Waals surface area (Å²) < 4.78 is 43.1. The lowest BCUT2D eigenvalue weighted by Crippen LogP contribution is -2.51. The number of benzene rings is 1. The minimum absolute atomic E-state index is 0. The van der Waals surface area contributed by atoms with Gasteiger partial charge in [0.25, 0.3) is 11.8 Å². The predicted octanol–water partition coefficient (Wildman–Crippen LogP) is 3.01. The number of piperidine rings is 1. The Bertz CT molecular complexity index is 1680. The Morgan fingerprint density at radius 3 is 2.42 bits per heavy atom. The van der Waals surface area contributed by atoms with E-state index in [0.29, 0.717) is 38.0 Å². The van der Waals surface area contributed by atoms with Gasteiger partial charge in [0.2, 0.25) is 5.91 Å². The quantitative estimate of drug-likeness (QED) is 0.392. The van der Waals surface area contributed by atoms with Crippen LogP contribution in [0.3, 0.4) is 0 Å². The fraction of sp³-hybridized carbons (Fsp3) is 0.414. The molecule has 3 atom stereocenters. The van der Waals surface area contributed by atoms with Crippen LogP contribution in [0.1, 0.15) is 26.7 Å². The Balaban J connectivity index is 0.00000400. The van der Waals surface area contributed by atoms with Crippen LogP contribution in [0.15, 0.2) is 30.6 Å². The lowest BCUT2D eigenvalue weighted by atomic mass is 10.1. The number of imidazole rings is 1. The number of piperazine rings is 1. The predicted molar refractivity (Wildman–Crippen MR) is 161 cm³/mol. The average molecular weight is 666 g/mol. The van der Waals surface area contributed by atoms with Crippen LogP contribution in [-0.4, -0.2) is 86.1 Å². The number of nitrogens with one attached hydrogen (secondary N) is 2. The first-order valence-electron chi connectivity index (χ1n) is 14.0. The van der Waals surface area contributed by atoms with Crippen molar-refractivity contribution in [3.8, 4) is 23.6 Å². The first-order valence-corrected chi connectivity index (χ1v) is 14.4. The molecule has 1 aromatic carbocycles. The fourth-order valence-corrected chi connectivity index (χ4v) is 6.37. The third-order valence-corrected chi connectivity index (χ3v) is 8.78. The smallest absolute Gasteiger partial charge is 0.339 e. The number of rotatable bonds is 6. The van der Waals surface area contributed by atoms with E-state index in [1.54, 1.807) is 4.90 Å². The molecule has 6 rings (SSSR count). The molecular formula is C29H29Cl2F3N8O3. The van der Waals surface area contributed by atoms with Crippen molar-refractivity contribution in [2.75, 3.05) is 44.6 Å². The summed E-state index contributed by atoms with van der Waals surface area (Å²) >= 11 is 6.44. The summed E-state index contributed by atoms with van der Waals surface area (Å²) in [6.07, 6.45) is 2.77. The number of aromatic nitrogens is 4. The van der Waals surface area contributed by atoms with Gasteiger partial charge in [0, 0.05) is 51.0 Å². The molecule has 3 aliphatic rings. The summed E-state index contributed by atoms with van der Waals surface area (Å²) in [4.78, 5) is 46.6. The normalized spacial score (nSPS) is 20.7. The summed E-state index contributed by atoms with van der Waals surface area (Å²) in [5, 5.41) is 9.58. The lowest BCUT2D eigenvalue weighted by molar-refractivity contribution is -0.141. The number of hydrogen-bond acceptors (Lipinski definition) is 6. The minimum atomic E-state index is -4.75. The summed E-state index contributed by atoms with van der Waals surface area (Å²) in [5.41, 5.74) is -0.895. The molecule has 1 unspecified atom stereocenters. The molecule has 0 spiro atoms. The topological polar surface area (TPSA) is 117 Å². The summed E-state index contributed by atoms with van der Waals surface area (Å²) in [6.45, 7) is 3.31. The van der Waals surface area contributed by atoms with Crippen LogP contribution in [0.5, 0.6) is 0 Å². The molecule has 1 saturated carbocycles. The van der Waals surface area contributed by atoms with Crippen molar-refractivity contribution in [3.05, 3.63) is 52.7 Å². The largest absolute Gasteiger partial charge is 0.435 e. The molecule has 4 heterocycles. The number of nitrogens with zero attached hydrogens (tertiary/aromatic N) is 6. The van der Waals surface area contributed by atoms with E-state index in [1.807, 2.05) is 4.90 Å². The maximum atomic E-state index is 13.6. The summed E-state index contributed by atoms with van der Waals surface area (Å²) in [5.74, 6) is 2.24. The van der Waals surface area contributed by atoms with Gasteiger partial charge in [-0.2, -0.15) is 18.3 Å². The number of carbonyl (C=O) groups is 3. The number of fused-ring (bicyclic) bond motifs is 1. The number of terminal acetylenes is 1. The number of alkyl halides is 3. The van der Waals surface area contributed by atoms with Crippen LogP contribution >= 0.6 is 24.0 Å². The van der Waals surface area contributed by atoms with Crippen molar-refractivity contribution in [1.29, 1.82) is 0 Å². The molecule has 238 valence electrons. The average Bonchev–Trinajstić information content (AvgIpc) is 3.36. The molecule has 3 aromatic rings. The lowest BCUT2D eigenvalue weighted by Gasteiger charge is -2.35. The Kier molecular flexibility index (Phi) is 8.90. The second-order valence-electron chi connectivity index (χ2n) is 11.1. The fourth-order valence-electron chi connectivity index (χ4n) is 6.11. The van der Waals surface area contributed by atoms with Gasteiger partial charge in [-0.3, -0.25) is 19.1 Å². The number of amides is 3. The standard InChI is InChI=1S/C29H28ClF3N8O3.ClH/c1-3-6-41-15-20(24(37-41)29(31,32)33)22-14-35-25(38(22)2)26(42)36-16-4-5-17(21(30)11-16)27(43)39-7-9-40(10-8-39)28(44)23-18-12-34-13-19(18)23;/h1,4-5,11,14-15,18-19,23,34H,6-10,12-13H2,2H3,(H,36,42);1H/t18-,19+,23?;. The van der Waals surface area contributed by atoms with Gasteiger partial charge in [-0.05, 0) is 43.1 Å². The molecule has 2 aliphatic heterocycles. The van der Waals surface area contributed by atoms with E-state index in [0.717, 1.165) is 30.2 Å². The number of anilines is 1. The second kappa shape index (κ2) is 12.4. The van der Waals surface area contributed by atoms with Gasteiger partial charge in [0.15, 0.2) is 11.5 Å². The van der Waals surface area contributed by atoms with Crippen molar-refractivity contribution in [1.82, 2.24) is 34.4 Å². The zero-order chi connectivity index (χ0) is 31.3. The van der Waals surface area contributed by atoms with E-state index >= 15 is 0 Å². The Labute approximate surface area is 267 Å². The third-order valence-electron chi connectivity index (χ3n) is 8.46. The van der Waals surface area contributed by atoms with Gasteiger partial charge < -0.3 is 25.0 Å². The maximum absolute atomic E-state index is 13.6. The summed E-state index contributed by atoms with van der Waals surface area (Å²) in [7, 11) is 1.41. The van der Waals surface area contributed by atoms with Gasteiger partial charge >= 0.3 is 6.18 Å². The molecule has 11 nitrogen and oxygen atoms in total. The maximum Gasteiger partial charge on any atom is 0.435 e. The zero-order valence-corrected chi connectivity index (χ0v) is 25.5. The van der Waals surface area contributed by atoms with Gasteiger partial charge in [-0.25, -0.2) is 4.98 Å². The van der Waals surface area contributed by atoms with Gasteiger partial charge in [0.05, 0.1) is 28.0 Å². The number of hydrogen-bond donors (Lipinski definition) is 2. The molecule has 16 heteroatoms. The van der Waals surface area contributed by atoms with Crippen LogP contribution in [0.2, 0.25) is 5.02 Å². The van der Waals surface area contributed by atoms with Gasteiger partial charge in [0.1, 0.15) is 6.54 Å². The Morgan fingerprint density at radius 2 is 1.80 bits per heavy atom. The molecule has 2 saturated heterocycles. The van der Waals surface area contributed by atoms with E-state index in [9.17, 15) is 27.6 Å². The molecule has 3 amide bonds. The van der Waals surface area contributed by atoms with E-state index in [2.05, 4.69) is 26.6 Å². The Morgan fingerprint density at radius 1 is 1.13 bits per heavy atom. The number of carbonyl (C=O) groups excluding carboxylic acids is 3. The molecule has 0 bridgehead atoms. The van der Waals surface area contributed by atoms with E-state index in [-0.39, 0.29) is 70.0 Å². The molecule has 0 radical (unpaired) electrons. The van der Waals surface area contributed by atoms with Crippen molar-refractivity contribution in [2.24, 2.45) is 24.8 Å². The van der Waals surface area contributed by atoms with Crippen LogP contribution < -0.4 is 10.6 Å². The third kappa shape index (κ3) is 6.12. The highest BCUT2D eigenvalue weighted by Gasteiger charge is 2.58. The van der Waals surface area contributed by atoms with Crippen LogP contribution in [-0.2, 0) is 24.6 Å². The molecule has 2 aromatic heterocycles. The molecule has 1 aliphatic carbocycles. The highest BCUT2D eigenvalue weighted by atomic mass is 35.5. The van der Waals surface area contributed by atoms with Crippen molar-refractivity contribution in [3.63, 3.8) is 0 Å². The zero-order valence-electron chi connectivity index (χ0n) is 24.0. The number of halogens is 5. The van der Waals surface area contributed by atoms with E-state index in [4.69, 9.17) is 18.0 Å². The van der Waals surface area contributed by atoms with Gasteiger partial charge in [-0.1, -0.05) is 17.5 Å². The van der Waals surface area contributed by atoms with Gasteiger partial charge in [-0.15, -0.1) is 18.8 Å². The monoisotopic (exact) mass is 664 g/mol. The first kappa shape index (κ1) is 32.3. The second-order valence-corrected chi connectivity index (χ2v) is 11.5. The van der Waals surface area contributed by atoms with Crippen molar-refractivity contribution >= 4 is 47.4 Å². The molecule has 2 N–H and O–H groups in total. The molecule has 3 fully saturated rings. The van der Waals surface area contributed by atoms with E-state index < -0.39 is 17.8 Å². The van der Waals surface area contributed by atoms with Crippen molar-refractivity contribution in [2.45, 2.75) is 12.7 Å².